The van der Waals surface area contributed by atoms with E-state index in [0.29, 0.717) is 21.3 Å². The van der Waals surface area contributed by atoms with E-state index < -0.39 is 0 Å². The van der Waals surface area contributed by atoms with Crippen molar-refractivity contribution < 1.29 is 4.79 Å². The van der Waals surface area contributed by atoms with Crippen LogP contribution in [0.2, 0.25) is 10.0 Å². The summed E-state index contributed by atoms with van der Waals surface area (Å²) in [7, 11) is 1.78. The highest BCUT2D eigenvalue weighted by Crippen LogP contribution is 2.24. The molecule has 0 unspecified atom stereocenters. The van der Waals surface area contributed by atoms with E-state index in [-0.39, 0.29) is 12.3 Å². The Morgan fingerprint density at radius 3 is 2.61 bits per heavy atom. The van der Waals surface area contributed by atoms with E-state index in [4.69, 9.17) is 23.2 Å². The number of carbonyl (C=O) groups is 1. The van der Waals surface area contributed by atoms with Gasteiger partial charge >= 0.3 is 0 Å². The highest BCUT2D eigenvalue weighted by molar-refractivity contribution is 6.36. The number of anilines is 1. The normalized spacial score (nSPS) is 10.4. The van der Waals surface area contributed by atoms with Crippen molar-refractivity contribution in [1.29, 1.82) is 0 Å². The lowest BCUT2D eigenvalue weighted by atomic mass is 10.1. The molecule has 0 saturated heterocycles. The Labute approximate surface area is 115 Å². The quantitative estimate of drug-likeness (QED) is 0.942. The summed E-state index contributed by atoms with van der Waals surface area (Å²) in [5.41, 5.74) is 1.27. The number of hydrogen-bond acceptors (Lipinski definition) is 2. The van der Waals surface area contributed by atoms with Gasteiger partial charge in [-0.15, -0.1) is 0 Å². The monoisotopic (exact) mass is 283 g/mol. The first-order valence-corrected chi connectivity index (χ1v) is 6.03. The number of aryl methyl sites for hydroxylation is 1. The molecule has 0 atom stereocenters. The maximum Gasteiger partial charge on any atom is 0.228 e. The van der Waals surface area contributed by atoms with Crippen molar-refractivity contribution in [2.24, 2.45) is 7.05 Å². The van der Waals surface area contributed by atoms with Gasteiger partial charge in [-0.3, -0.25) is 9.48 Å². The Balaban J connectivity index is 2.08. The number of nitrogens with one attached hydrogen (secondary N) is 1. The summed E-state index contributed by atoms with van der Waals surface area (Å²) in [4.78, 5) is 11.8. The number of carbonyl (C=O) groups excluding carboxylic acids is 1. The molecular weight excluding hydrogens is 273 g/mol. The summed E-state index contributed by atoms with van der Waals surface area (Å²) >= 11 is 12.0. The van der Waals surface area contributed by atoms with E-state index in [9.17, 15) is 4.79 Å². The van der Waals surface area contributed by atoms with Crippen LogP contribution in [-0.4, -0.2) is 15.7 Å². The first-order valence-electron chi connectivity index (χ1n) is 5.27. The largest absolute Gasteiger partial charge is 0.323 e. The molecule has 6 heteroatoms. The second kappa shape index (κ2) is 5.42. The molecule has 18 heavy (non-hydrogen) atoms. The Bertz CT molecular complexity index is 560. The number of aromatic nitrogens is 2. The van der Waals surface area contributed by atoms with Gasteiger partial charge in [0.05, 0.1) is 18.3 Å². The molecule has 4 nitrogen and oxygen atoms in total. The molecule has 1 aromatic carbocycles. The van der Waals surface area contributed by atoms with E-state index in [1.54, 1.807) is 42.3 Å². The van der Waals surface area contributed by atoms with E-state index >= 15 is 0 Å². The molecule has 2 aromatic rings. The van der Waals surface area contributed by atoms with Crippen molar-refractivity contribution in [3.8, 4) is 0 Å². The van der Waals surface area contributed by atoms with Gasteiger partial charge in [0.1, 0.15) is 0 Å². The summed E-state index contributed by atoms with van der Waals surface area (Å²) in [6, 6.07) is 5.16. The van der Waals surface area contributed by atoms with Gasteiger partial charge in [-0.25, -0.2) is 0 Å². The van der Waals surface area contributed by atoms with Crippen LogP contribution in [0.25, 0.3) is 0 Å². The number of amides is 1. The molecule has 0 aliphatic rings. The van der Waals surface area contributed by atoms with Gasteiger partial charge in [0, 0.05) is 23.3 Å². The smallest absolute Gasteiger partial charge is 0.228 e. The zero-order chi connectivity index (χ0) is 13.1. The van der Waals surface area contributed by atoms with Gasteiger partial charge in [0.15, 0.2) is 0 Å². The Morgan fingerprint density at radius 2 is 2.06 bits per heavy atom. The van der Waals surface area contributed by atoms with Crippen molar-refractivity contribution in [1.82, 2.24) is 9.78 Å². The summed E-state index contributed by atoms with van der Waals surface area (Å²) in [6.07, 6.45) is 3.42. The molecule has 94 valence electrons. The van der Waals surface area contributed by atoms with E-state index in [1.165, 1.54) is 0 Å². The highest BCUT2D eigenvalue weighted by atomic mass is 35.5. The van der Waals surface area contributed by atoms with Crippen LogP contribution in [0.5, 0.6) is 0 Å². The van der Waals surface area contributed by atoms with Crippen LogP contribution in [-0.2, 0) is 18.3 Å². The lowest BCUT2D eigenvalue weighted by Gasteiger charge is -2.06. The van der Waals surface area contributed by atoms with Gasteiger partial charge in [-0.1, -0.05) is 29.3 Å². The summed E-state index contributed by atoms with van der Waals surface area (Å²) in [6.45, 7) is 0. The van der Waals surface area contributed by atoms with Crippen molar-refractivity contribution in [3.05, 3.63) is 46.2 Å². The number of nitrogens with zero attached hydrogens (tertiary/aromatic N) is 2. The number of benzene rings is 1. The summed E-state index contributed by atoms with van der Waals surface area (Å²) < 4.78 is 1.61. The minimum absolute atomic E-state index is 0.132. The predicted octanol–water partition coefficient (Wildman–Crippen LogP) is 2.91. The van der Waals surface area contributed by atoms with Gasteiger partial charge in [0.2, 0.25) is 5.91 Å². The lowest BCUT2D eigenvalue weighted by Crippen LogP contribution is -2.14. The standard InChI is InChI=1S/C12H11Cl2N3O/c1-17-7-8(6-15-17)16-12(18)5-9-10(13)3-2-4-11(9)14/h2-4,6-7H,5H2,1H3,(H,16,18). The minimum Gasteiger partial charge on any atom is -0.323 e. The fourth-order valence-corrected chi connectivity index (χ4v) is 2.08. The number of halogens is 2. The van der Waals surface area contributed by atoms with Crippen LogP contribution < -0.4 is 5.32 Å². The van der Waals surface area contributed by atoms with Crippen LogP contribution in [0, 0.1) is 0 Å². The third-order valence-corrected chi connectivity index (χ3v) is 3.10. The van der Waals surface area contributed by atoms with E-state index in [0.717, 1.165) is 0 Å². The molecule has 0 fully saturated rings. The molecule has 0 spiro atoms. The average Bonchev–Trinajstić information content (AvgIpc) is 2.69. The summed E-state index contributed by atoms with van der Waals surface area (Å²) in [5, 5.41) is 7.67. The average molecular weight is 284 g/mol. The topological polar surface area (TPSA) is 46.9 Å². The third-order valence-electron chi connectivity index (χ3n) is 2.39. The van der Waals surface area contributed by atoms with Crippen LogP contribution >= 0.6 is 23.2 Å². The first kappa shape index (κ1) is 12.9. The predicted molar refractivity (Wildman–Crippen MR) is 72.0 cm³/mol. The molecule has 0 aliphatic heterocycles. The molecule has 1 amide bonds. The van der Waals surface area contributed by atoms with E-state index in [2.05, 4.69) is 10.4 Å². The zero-order valence-electron chi connectivity index (χ0n) is 9.65. The molecule has 0 saturated carbocycles. The molecule has 1 N–H and O–H groups in total. The Kier molecular flexibility index (Phi) is 3.89. The van der Waals surface area contributed by atoms with Gasteiger partial charge in [-0.05, 0) is 17.7 Å². The van der Waals surface area contributed by atoms with Crippen molar-refractivity contribution >= 4 is 34.8 Å². The third kappa shape index (κ3) is 3.03. The first-order chi connectivity index (χ1) is 8.56. The van der Waals surface area contributed by atoms with Crippen LogP contribution in [0.1, 0.15) is 5.56 Å². The fraction of sp³-hybridized carbons (Fsp3) is 0.167. The van der Waals surface area contributed by atoms with Crippen LogP contribution in [0.15, 0.2) is 30.6 Å². The molecule has 2 rings (SSSR count). The second-order valence-electron chi connectivity index (χ2n) is 3.83. The minimum atomic E-state index is -0.182. The number of hydrogen-bond donors (Lipinski definition) is 1. The molecular formula is C12H11Cl2N3O. The Morgan fingerprint density at radius 1 is 1.39 bits per heavy atom. The molecule has 0 bridgehead atoms. The molecule has 0 aliphatic carbocycles. The van der Waals surface area contributed by atoms with Gasteiger partial charge in [-0.2, -0.15) is 5.10 Å². The highest BCUT2D eigenvalue weighted by Gasteiger charge is 2.11. The molecule has 1 aromatic heterocycles. The SMILES string of the molecule is Cn1cc(NC(=O)Cc2c(Cl)cccc2Cl)cn1. The fourth-order valence-electron chi connectivity index (χ4n) is 1.55. The van der Waals surface area contributed by atoms with Crippen molar-refractivity contribution in [3.63, 3.8) is 0 Å². The maximum atomic E-state index is 11.8. The molecule has 1 heterocycles. The summed E-state index contributed by atoms with van der Waals surface area (Å²) in [5.74, 6) is -0.182. The molecule has 0 radical (unpaired) electrons. The van der Waals surface area contributed by atoms with Gasteiger partial charge in [0.25, 0.3) is 0 Å². The van der Waals surface area contributed by atoms with Crippen LogP contribution in [0.4, 0.5) is 5.69 Å². The maximum absolute atomic E-state index is 11.8. The lowest BCUT2D eigenvalue weighted by molar-refractivity contribution is -0.115. The van der Waals surface area contributed by atoms with Crippen molar-refractivity contribution in [2.45, 2.75) is 6.42 Å². The Hall–Kier alpha value is -1.52. The van der Waals surface area contributed by atoms with Gasteiger partial charge < -0.3 is 5.32 Å². The van der Waals surface area contributed by atoms with Crippen LogP contribution in [0.3, 0.4) is 0 Å². The number of rotatable bonds is 3. The second-order valence-corrected chi connectivity index (χ2v) is 4.64. The van der Waals surface area contributed by atoms with E-state index in [1.807, 2.05) is 0 Å². The zero-order valence-corrected chi connectivity index (χ0v) is 11.2. The van der Waals surface area contributed by atoms with Crippen molar-refractivity contribution in [2.75, 3.05) is 5.32 Å².